The molecule has 118 valence electrons. The van der Waals surface area contributed by atoms with E-state index >= 15 is 0 Å². The van der Waals surface area contributed by atoms with Crippen LogP contribution in [0.1, 0.15) is 5.56 Å². The number of halogens is 3. The minimum atomic E-state index is -4.45. The largest absolute Gasteiger partial charge is 0.437 e. The van der Waals surface area contributed by atoms with Gasteiger partial charge in [0.05, 0.1) is 18.0 Å². The highest BCUT2D eigenvalue weighted by atomic mass is 19.4. The van der Waals surface area contributed by atoms with Gasteiger partial charge >= 0.3 is 6.18 Å². The maximum absolute atomic E-state index is 12.6. The van der Waals surface area contributed by atoms with Crippen LogP contribution in [0.2, 0.25) is 0 Å². The first-order valence-corrected chi connectivity index (χ1v) is 6.39. The Kier molecular flexibility index (Phi) is 3.61. The van der Waals surface area contributed by atoms with Crippen LogP contribution >= 0.6 is 0 Å². The summed E-state index contributed by atoms with van der Waals surface area (Å²) in [6.07, 6.45) is 1.02. The van der Waals surface area contributed by atoms with Crippen molar-refractivity contribution in [1.29, 1.82) is 0 Å². The number of nitrogens with two attached hydrogens (primary N) is 1. The van der Waals surface area contributed by atoms with Crippen molar-refractivity contribution >= 4 is 5.82 Å². The molecule has 0 aliphatic carbocycles. The molecular weight excluding hydrogens is 311 g/mol. The summed E-state index contributed by atoms with van der Waals surface area (Å²) in [5, 5.41) is 0. The number of alkyl halides is 3. The van der Waals surface area contributed by atoms with Crippen molar-refractivity contribution in [2.24, 2.45) is 0 Å². The third-order valence-electron chi connectivity index (χ3n) is 2.87. The lowest BCUT2D eigenvalue weighted by atomic mass is 10.2. The predicted molar refractivity (Wildman–Crippen MR) is 75.1 cm³/mol. The standard InChI is InChI=1S/C14H10F3N5O/c15-14(16,17)9-3-4-19-13(5-9)23-10-1-2-12(20-6-10)22-7-11(18)21-8-22/h1-8H,18H2. The van der Waals surface area contributed by atoms with Crippen molar-refractivity contribution in [3.8, 4) is 17.4 Å². The summed E-state index contributed by atoms with van der Waals surface area (Å²) in [5.41, 5.74) is 4.68. The molecule has 3 heterocycles. The summed E-state index contributed by atoms with van der Waals surface area (Å²) < 4.78 is 44.8. The zero-order valence-corrected chi connectivity index (χ0v) is 11.5. The third kappa shape index (κ3) is 3.39. The fraction of sp³-hybridized carbons (Fsp3) is 0.0714. The van der Waals surface area contributed by atoms with E-state index in [1.165, 1.54) is 12.5 Å². The Hall–Kier alpha value is -3.10. The molecule has 0 spiro atoms. The fourth-order valence-corrected chi connectivity index (χ4v) is 1.81. The van der Waals surface area contributed by atoms with Gasteiger partial charge in [0.1, 0.15) is 23.7 Å². The van der Waals surface area contributed by atoms with E-state index in [9.17, 15) is 13.2 Å². The number of aromatic nitrogens is 4. The van der Waals surface area contributed by atoms with Gasteiger partial charge in [0.15, 0.2) is 0 Å². The fourth-order valence-electron chi connectivity index (χ4n) is 1.81. The topological polar surface area (TPSA) is 78.9 Å². The van der Waals surface area contributed by atoms with Crippen LogP contribution in [-0.2, 0) is 6.18 Å². The Labute approximate surface area is 128 Å². The average molecular weight is 321 g/mol. The first-order valence-electron chi connectivity index (χ1n) is 6.39. The number of imidazole rings is 1. The molecule has 0 saturated carbocycles. The second kappa shape index (κ2) is 5.59. The quantitative estimate of drug-likeness (QED) is 0.802. The molecule has 23 heavy (non-hydrogen) atoms. The number of pyridine rings is 2. The molecule has 0 fully saturated rings. The zero-order valence-electron chi connectivity index (χ0n) is 11.5. The second-order valence-electron chi connectivity index (χ2n) is 4.54. The van der Waals surface area contributed by atoms with Crippen LogP contribution in [0.25, 0.3) is 5.82 Å². The van der Waals surface area contributed by atoms with Crippen molar-refractivity contribution < 1.29 is 17.9 Å². The van der Waals surface area contributed by atoms with E-state index in [0.717, 1.165) is 18.3 Å². The maximum Gasteiger partial charge on any atom is 0.416 e. The molecule has 3 rings (SSSR count). The summed E-state index contributed by atoms with van der Waals surface area (Å²) in [7, 11) is 0. The van der Waals surface area contributed by atoms with Gasteiger partial charge in [-0.15, -0.1) is 0 Å². The number of hydrogen-bond acceptors (Lipinski definition) is 5. The molecule has 0 aliphatic rings. The number of anilines is 1. The van der Waals surface area contributed by atoms with Gasteiger partial charge in [0.25, 0.3) is 0 Å². The van der Waals surface area contributed by atoms with Crippen LogP contribution in [0.15, 0.2) is 49.2 Å². The lowest BCUT2D eigenvalue weighted by Gasteiger charge is -2.09. The first kappa shape index (κ1) is 14.8. The van der Waals surface area contributed by atoms with Gasteiger partial charge in [-0.3, -0.25) is 4.57 Å². The molecule has 2 N–H and O–H groups in total. The molecule has 0 saturated heterocycles. The van der Waals surface area contributed by atoms with Crippen molar-refractivity contribution in [3.63, 3.8) is 0 Å². The predicted octanol–water partition coefficient (Wildman–Crippen LogP) is 3.06. The maximum atomic E-state index is 12.6. The Morgan fingerprint density at radius 3 is 2.52 bits per heavy atom. The highest BCUT2D eigenvalue weighted by molar-refractivity contribution is 5.35. The molecule has 0 bridgehead atoms. The minimum Gasteiger partial charge on any atom is -0.437 e. The van der Waals surface area contributed by atoms with Crippen molar-refractivity contribution in [1.82, 2.24) is 19.5 Å². The molecule has 0 aromatic carbocycles. The lowest BCUT2D eigenvalue weighted by molar-refractivity contribution is -0.137. The van der Waals surface area contributed by atoms with Gasteiger partial charge in [0, 0.05) is 12.3 Å². The number of nitrogen functional groups attached to an aromatic ring is 1. The van der Waals surface area contributed by atoms with Crippen LogP contribution < -0.4 is 10.5 Å². The number of ether oxygens (including phenoxy) is 1. The van der Waals surface area contributed by atoms with Crippen molar-refractivity contribution in [2.45, 2.75) is 6.18 Å². The van der Waals surface area contributed by atoms with Crippen LogP contribution in [0.4, 0.5) is 19.0 Å². The number of nitrogens with zero attached hydrogens (tertiary/aromatic N) is 4. The highest BCUT2D eigenvalue weighted by Crippen LogP contribution is 2.31. The third-order valence-corrected chi connectivity index (χ3v) is 2.87. The van der Waals surface area contributed by atoms with Crippen molar-refractivity contribution in [2.75, 3.05) is 5.73 Å². The Balaban J connectivity index is 1.79. The summed E-state index contributed by atoms with van der Waals surface area (Å²) in [6.45, 7) is 0. The molecule has 0 radical (unpaired) electrons. The van der Waals surface area contributed by atoms with E-state index in [4.69, 9.17) is 10.5 Å². The summed E-state index contributed by atoms with van der Waals surface area (Å²) in [4.78, 5) is 11.7. The SMILES string of the molecule is Nc1cn(-c2ccc(Oc3cc(C(F)(F)F)ccn3)cn2)cn1. The normalized spacial score (nSPS) is 11.4. The van der Waals surface area contributed by atoms with Crippen LogP contribution in [0.5, 0.6) is 11.6 Å². The molecule has 0 unspecified atom stereocenters. The average Bonchev–Trinajstić information content (AvgIpc) is 2.94. The molecular formula is C14H10F3N5O. The van der Waals surface area contributed by atoms with Gasteiger partial charge in [-0.05, 0) is 18.2 Å². The molecule has 9 heteroatoms. The minimum absolute atomic E-state index is 0.166. The summed E-state index contributed by atoms with van der Waals surface area (Å²) in [5.74, 6) is 0.980. The van der Waals surface area contributed by atoms with E-state index in [1.54, 1.807) is 22.9 Å². The Bertz CT molecular complexity index is 814. The van der Waals surface area contributed by atoms with Gasteiger partial charge in [0.2, 0.25) is 5.88 Å². The van der Waals surface area contributed by atoms with Gasteiger partial charge in [-0.25, -0.2) is 15.0 Å². The lowest BCUT2D eigenvalue weighted by Crippen LogP contribution is -2.05. The van der Waals surface area contributed by atoms with Gasteiger partial charge in [-0.2, -0.15) is 13.2 Å². The molecule has 3 aromatic heterocycles. The van der Waals surface area contributed by atoms with E-state index in [2.05, 4.69) is 15.0 Å². The Morgan fingerprint density at radius 1 is 1.09 bits per heavy atom. The van der Waals surface area contributed by atoms with Crippen LogP contribution in [-0.4, -0.2) is 19.5 Å². The van der Waals surface area contributed by atoms with Gasteiger partial charge < -0.3 is 10.5 Å². The first-order chi connectivity index (χ1) is 10.9. The molecule has 0 amide bonds. The van der Waals surface area contributed by atoms with E-state index < -0.39 is 11.7 Å². The molecule has 3 aromatic rings. The number of hydrogen-bond donors (Lipinski definition) is 1. The summed E-state index contributed by atoms with van der Waals surface area (Å²) >= 11 is 0. The monoisotopic (exact) mass is 321 g/mol. The molecule has 0 atom stereocenters. The van der Waals surface area contributed by atoms with Gasteiger partial charge in [-0.1, -0.05) is 0 Å². The van der Waals surface area contributed by atoms with Crippen LogP contribution in [0, 0.1) is 0 Å². The van der Waals surface area contributed by atoms with Crippen LogP contribution in [0.3, 0.4) is 0 Å². The molecule has 6 nitrogen and oxygen atoms in total. The highest BCUT2D eigenvalue weighted by Gasteiger charge is 2.31. The van der Waals surface area contributed by atoms with E-state index in [-0.39, 0.29) is 11.6 Å². The number of rotatable bonds is 3. The molecule has 0 aliphatic heterocycles. The Morgan fingerprint density at radius 2 is 1.91 bits per heavy atom. The smallest absolute Gasteiger partial charge is 0.416 e. The van der Waals surface area contributed by atoms with Crippen molar-refractivity contribution in [3.05, 3.63) is 54.7 Å². The second-order valence-corrected chi connectivity index (χ2v) is 4.54. The van der Waals surface area contributed by atoms with E-state index in [0.29, 0.717) is 11.6 Å². The summed E-state index contributed by atoms with van der Waals surface area (Å²) in [6, 6.07) is 4.87. The zero-order chi connectivity index (χ0) is 16.4. The van der Waals surface area contributed by atoms with E-state index in [1.807, 2.05) is 0 Å².